The third-order valence-corrected chi connectivity index (χ3v) is 2.53. The van der Waals surface area contributed by atoms with Gasteiger partial charge in [0.1, 0.15) is 17.5 Å². The fourth-order valence-corrected chi connectivity index (χ4v) is 1.72. The molecule has 0 aliphatic heterocycles. The number of nitrogens with one attached hydrogen (secondary N) is 1. The summed E-state index contributed by atoms with van der Waals surface area (Å²) in [7, 11) is 0. The van der Waals surface area contributed by atoms with E-state index in [0.717, 1.165) is 22.8 Å². The fourth-order valence-electron chi connectivity index (χ4n) is 1.72. The summed E-state index contributed by atoms with van der Waals surface area (Å²) in [5.41, 5.74) is 7.25. The smallest absolute Gasteiger partial charge is 0.147 e. The molecule has 0 aliphatic rings. The summed E-state index contributed by atoms with van der Waals surface area (Å²) in [6.07, 6.45) is 0. The first kappa shape index (κ1) is 11.3. The third kappa shape index (κ3) is 2.50. The Kier molecular flexibility index (Phi) is 2.91. The van der Waals surface area contributed by atoms with Crippen molar-refractivity contribution in [2.24, 2.45) is 5.73 Å². The topological polar surface area (TPSA) is 80.6 Å². The SMILES string of the molecule is Cc1nc(C)n(Cc2cccc(C(=N)N)c2)n1. The van der Waals surface area contributed by atoms with Crippen LogP contribution in [0.1, 0.15) is 22.8 Å². The quantitative estimate of drug-likeness (QED) is 0.613. The van der Waals surface area contributed by atoms with Crippen molar-refractivity contribution in [3.05, 3.63) is 47.0 Å². The number of aromatic nitrogens is 3. The zero-order chi connectivity index (χ0) is 12.4. The Morgan fingerprint density at radius 2 is 2.18 bits per heavy atom. The number of nitrogens with zero attached hydrogens (tertiary/aromatic N) is 3. The van der Waals surface area contributed by atoms with E-state index < -0.39 is 0 Å². The molecule has 2 aromatic rings. The maximum Gasteiger partial charge on any atom is 0.147 e. The van der Waals surface area contributed by atoms with Crippen molar-refractivity contribution in [3.63, 3.8) is 0 Å². The van der Waals surface area contributed by atoms with Gasteiger partial charge in [-0.25, -0.2) is 9.67 Å². The van der Waals surface area contributed by atoms with Crippen LogP contribution in [0, 0.1) is 19.3 Å². The van der Waals surface area contributed by atoms with Crippen molar-refractivity contribution in [2.75, 3.05) is 0 Å². The normalized spacial score (nSPS) is 10.5. The van der Waals surface area contributed by atoms with Crippen LogP contribution in [0.25, 0.3) is 0 Å². The van der Waals surface area contributed by atoms with Crippen LogP contribution in [0.3, 0.4) is 0 Å². The third-order valence-electron chi connectivity index (χ3n) is 2.53. The molecule has 17 heavy (non-hydrogen) atoms. The molecule has 0 fully saturated rings. The highest BCUT2D eigenvalue weighted by Crippen LogP contribution is 2.07. The molecule has 0 spiro atoms. The Balaban J connectivity index is 2.27. The highest BCUT2D eigenvalue weighted by molar-refractivity contribution is 5.95. The Morgan fingerprint density at radius 1 is 1.41 bits per heavy atom. The molecule has 0 saturated heterocycles. The number of aryl methyl sites for hydroxylation is 2. The van der Waals surface area contributed by atoms with Gasteiger partial charge in [-0.1, -0.05) is 18.2 Å². The van der Waals surface area contributed by atoms with Gasteiger partial charge >= 0.3 is 0 Å². The lowest BCUT2D eigenvalue weighted by Gasteiger charge is -2.05. The van der Waals surface area contributed by atoms with Gasteiger partial charge in [0.05, 0.1) is 6.54 Å². The van der Waals surface area contributed by atoms with Crippen LogP contribution in [0.4, 0.5) is 0 Å². The zero-order valence-corrected chi connectivity index (χ0v) is 9.94. The summed E-state index contributed by atoms with van der Waals surface area (Å²) in [5, 5.41) is 11.7. The van der Waals surface area contributed by atoms with Crippen LogP contribution < -0.4 is 5.73 Å². The number of amidine groups is 1. The maximum atomic E-state index is 7.40. The lowest BCUT2D eigenvalue weighted by Crippen LogP contribution is -2.12. The van der Waals surface area contributed by atoms with Gasteiger partial charge in [-0.3, -0.25) is 5.41 Å². The van der Waals surface area contributed by atoms with Crippen molar-refractivity contribution in [1.82, 2.24) is 14.8 Å². The van der Waals surface area contributed by atoms with Gasteiger partial charge < -0.3 is 5.73 Å². The number of benzene rings is 1. The predicted molar refractivity (Wildman–Crippen MR) is 66.1 cm³/mol. The molecule has 1 aromatic heterocycles. The van der Waals surface area contributed by atoms with Crippen LogP contribution in [0.2, 0.25) is 0 Å². The first-order chi connectivity index (χ1) is 8.06. The van der Waals surface area contributed by atoms with E-state index in [9.17, 15) is 0 Å². The first-order valence-electron chi connectivity index (χ1n) is 5.37. The average molecular weight is 229 g/mol. The molecule has 5 nitrogen and oxygen atoms in total. The molecular weight excluding hydrogens is 214 g/mol. The average Bonchev–Trinajstić information content (AvgIpc) is 2.58. The summed E-state index contributed by atoms with van der Waals surface area (Å²) in [6, 6.07) is 7.61. The molecule has 88 valence electrons. The van der Waals surface area contributed by atoms with Gasteiger partial charge in [0.15, 0.2) is 0 Å². The monoisotopic (exact) mass is 229 g/mol. The summed E-state index contributed by atoms with van der Waals surface area (Å²) >= 11 is 0. The Morgan fingerprint density at radius 3 is 2.76 bits per heavy atom. The molecule has 0 radical (unpaired) electrons. The molecule has 1 heterocycles. The number of rotatable bonds is 3. The second-order valence-electron chi connectivity index (χ2n) is 3.98. The van der Waals surface area contributed by atoms with E-state index >= 15 is 0 Å². The Labute approximate surface area is 99.8 Å². The fraction of sp³-hybridized carbons (Fsp3) is 0.250. The molecule has 5 heteroatoms. The van der Waals surface area contributed by atoms with Gasteiger partial charge in [-0.05, 0) is 25.5 Å². The minimum atomic E-state index is 0.0818. The predicted octanol–water partition coefficient (Wildman–Crippen LogP) is 1.23. The summed E-state index contributed by atoms with van der Waals surface area (Å²) < 4.78 is 1.84. The minimum absolute atomic E-state index is 0.0818. The van der Waals surface area contributed by atoms with E-state index in [4.69, 9.17) is 11.1 Å². The van der Waals surface area contributed by atoms with Gasteiger partial charge in [0.2, 0.25) is 0 Å². The molecular formula is C12H15N5. The first-order valence-corrected chi connectivity index (χ1v) is 5.37. The molecule has 0 unspecified atom stereocenters. The van der Waals surface area contributed by atoms with Crippen molar-refractivity contribution >= 4 is 5.84 Å². The van der Waals surface area contributed by atoms with E-state index in [0.29, 0.717) is 6.54 Å². The number of hydrogen-bond acceptors (Lipinski definition) is 3. The van der Waals surface area contributed by atoms with E-state index in [1.807, 2.05) is 42.8 Å². The minimum Gasteiger partial charge on any atom is -0.384 e. The van der Waals surface area contributed by atoms with E-state index in [1.165, 1.54) is 0 Å². The molecule has 0 saturated carbocycles. The van der Waals surface area contributed by atoms with E-state index in [2.05, 4.69) is 10.1 Å². The molecule has 2 rings (SSSR count). The van der Waals surface area contributed by atoms with Gasteiger partial charge in [-0.15, -0.1) is 0 Å². The van der Waals surface area contributed by atoms with Gasteiger partial charge in [0, 0.05) is 5.56 Å². The highest BCUT2D eigenvalue weighted by Gasteiger charge is 2.04. The largest absolute Gasteiger partial charge is 0.384 e. The maximum absolute atomic E-state index is 7.40. The van der Waals surface area contributed by atoms with Crippen LogP contribution in [0.15, 0.2) is 24.3 Å². The van der Waals surface area contributed by atoms with Crippen LogP contribution >= 0.6 is 0 Å². The van der Waals surface area contributed by atoms with E-state index in [-0.39, 0.29) is 5.84 Å². The number of hydrogen-bond donors (Lipinski definition) is 2. The van der Waals surface area contributed by atoms with Crippen molar-refractivity contribution < 1.29 is 0 Å². The molecule has 0 aliphatic carbocycles. The lowest BCUT2D eigenvalue weighted by atomic mass is 10.1. The van der Waals surface area contributed by atoms with Crippen LogP contribution in [0.5, 0.6) is 0 Å². The molecule has 3 N–H and O–H groups in total. The highest BCUT2D eigenvalue weighted by atomic mass is 15.3. The lowest BCUT2D eigenvalue weighted by molar-refractivity contribution is 0.656. The molecule has 0 bridgehead atoms. The van der Waals surface area contributed by atoms with Crippen molar-refractivity contribution in [3.8, 4) is 0 Å². The van der Waals surface area contributed by atoms with E-state index in [1.54, 1.807) is 0 Å². The second kappa shape index (κ2) is 4.37. The van der Waals surface area contributed by atoms with Crippen LogP contribution in [-0.4, -0.2) is 20.6 Å². The summed E-state index contributed by atoms with van der Waals surface area (Å²) in [5.74, 6) is 1.74. The zero-order valence-electron chi connectivity index (χ0n) is 9.94. The molecule has 0 atom stereocenters. The Bertz CT molecular complexity index is 556. The number of nitrogens with two attached hydrogens (primary N) is 1. The van der Waals surface area contributed by atoms with Crippen molar-refractivity contribution in [2.45, 2.75) is 20.4 Å². The Hall–Kier alpha value is -2.17. The second-order valence-corrected chi connectivity index (χ2v) is 3.98. The summed E-state index contributed by atoms with van der Waals surface area (Å²) in [6.45, 7) is 4.44. The molecule has 1 aromatic carbocycles. The van der Waals surface area contributed by atoms with Gasteiger partial charge in [0.25, 0.3) is 0 Å². The van der Waals surface area contributed by atoms with Crippen molar-refractivity contribution in [1.29, 1.82) is 5.41 Å². The number of nitrogen functional groups attached to an aromatic ring is 1. The summed E-state index contributed by atoms with van der Waals surface area (Å²) in [4.78, 5) is 4.25. The standard InChI is InChI=1S/C12H15N5/c1-8-15-9(2)17(16-8)7-10-4-3-5-11(6-10)12(13)14/h3-6H,7H2,1-2H3,(H3,13,14). The van der Waals surface area contributed by atoms with Gasteiger partial charge in [-0.2, -0.15) is 5.10 Å². The molecule has 0 amide bonds. The van der Waals surface area contributed by atoms with Crippen LogP contribution in [-0.2, 0) is 6.54 Å².